The number of aryl methyl sites for hydroxylation is 1. The number of fused-ring (bicyclic) bond motifs is 3. The molecule has 2 aliphatic rings. The van der Waals surface area contributed by atoms with Crippen molar-refractivity contribution in [3.05, 3.63) is 40.5 Å². The Morgan fingerprint density at radius 2 is 2.05 bits per heavy atom. The lowest BCUT2D eigenvalue weighted by atomic mass is 9.61. The molecule has 1 atom stereocenters. The summed E-state index contributed by atoms with van der Waals surface area (Å²) in [5, 5.41) is 0. The topological polar surface area (TPSA) is 26.3 Å². The summed E-state index contributed by atoms with van der Waals surface area (Å²) in [7, 11) is 1.71. The zero-order valence-corrected chi connectivity index (χ0v) is 12.6. The molecule has 106 valence electrons. The van der Waals surface area contributed by atoms with Crippen molar-refractivity contribution in [1.29, 1.82) is 0 Å². The Bertz CT molecular complexity index is 597. The van der Waals surface area contributed by atoms with Gasteiger partial charge in [-0.1, -0.05) is 25.5 Å². The van der Waals surface area contributed by atoms with Gasteiger partial charge in [-0.25, -0.2) is 0 Å². The first-order valence-corrected chi connectivity index (χ1v) is 7.53. The molecule has 0 spiro atoms. The molecule has 1 unspecified atom stereocenters. The van der Waals surface area contributed by atoms with E-state index in [2.05, 4.69) is 32.0 Å². The number of carbonyl (C=O) groups excluding carboxylic acids is 1. The van der Waals surface area contributed by atoms with Gasteiger partial charge in [0.25, 0.3) is 0 Å². The molecule has 0 fully saturated rings. The third kappa shape index (κ3) is 1.81. The van der Waals surface area contributed by atoms with Crippen molar-refractivity contribution in [1.82, 2.24) is 0 Å². The molecule has 0 radical (unpaired) electrons. The van der Waals surface area contributed by atoms with Crippen LogP contribution in [0.1, 0.15) is 50.7 Å². The van der Waals surface area contributed by atoms with Gasteiger partial charge in [0.1, 0.15) is 5.75 Å². The van der Waals surface area contributed by atoms with Gasteiger partial charge in [-0.2, -0.15) is 0 Å². The Hall–Kier alpha value is -1.57. The molecular weight excluding hydrogens is 248 g/mol. The van der Waals surface area contributed by atoms with E-state index in [1.54, 1.807) is 7.11 Å². The average Bonchev–Trinajstić information content (AvgIpc) is 2.47. The second-order valence-corrected chi connectivity index (χ2v) is 6.09. The summed E-state index contributed by atoms with van der Waals surface area (Å²) in [5.74, 6) is 1.30. The highest BCUT2D eigenvalue weighted by Crippen LogP contribution is 2.49. The van der Waals surface area contributed by atoms with Crippen molar-refractivity contribution >= 4 is 5.78 Å². The first-order valence-electron chi connectivity index (χ1n) is 7.53. The van der Waals surface area contributed by atoms with Crippen molar-refractivity contribution in [2.45, 2.75) is 51.4 Å². The molecule has 2 nitrogen and oxygen atoms in total. The maximum atomic E-state index is 12.2. The SMILES string of the molecule is CCC1=C2CCc3cc(OC)ccc3C2(C)CCC1=O. The lowest BCUT2D eigenvalue weighted by Crippen LogP contribution is -2.36. The third-order valence-electron chi connectivity index (χ3n) is 5.12. The second kappa shape index (κ2) is 4.76. The molecule has 20 heavy (non-hydrogen) atoms. The molecule has 0 amide bonds. The van der Waals surface area contributed by atoms with Crippen LogP contribution in [0.2, 0.25) is 0 Å². The van der Waals surface area contributed by atoms with Crippen LogP contribution >= 0.6 is 0 Å². The quantitative estimate of drug-likeness (QED) is 0.813. The number of methoxy groups -OCH3 is 1. The molecule has 0 bridgehead atoms. The summed E-state index contributed by atoms with van der Waals surface area (Å²) in [6.07, 6.45) is 4.55. The van der Waals surface area contributed by atoms with Gasteiger partial charge in [0, 0.05) is 11.8 Å². The minimum absolute atomic E-state index is 0.0547. The Morgan fingerprint density at radius 3 is 2.75 bits per heavy atom. The van der Waals surface area contributed by atoms with Crippen LogP contribution < -0.4 is 4.74 Å². The van der Waals surface area contributed by atoms with Crippen LogP contribution in [0.4, 0.5) is 0 Å². The van der Waals surface area contributed by atoms with Crippen LogP contribution in [0.3, 0.4) is 0 Å². The Kier molecular flexibility index (Phi) is 3.19. The lowest BCUT2D eigenvalue weighted by Gasteiger charge is -2.43. The number of Topliss-reactive ketones (excluding diaryl/α,β-unsaturated/α-hetero) is 1. The number of ketones is 1. The number of rotatable bonds is 2. The molecule has 1 aromatic carbocycles. The van der Waals surface area contributed by atoms with E-state index in [1.165, 1.54) is 16.7 Å². The third-order valence-corrected chi connectivity index (χ3v) is 5.12. The summed E-state index contributed by atoms with van der Waals surface area (Å²) < 4.78 is 5.34. The van der Waals surface area contributed by atoms with Crippen molar-refractivity contribution in [2.24, 2.45) is 0 Å². The summed E-state index contributed by atoms with van der Waals surface area (Å²) >= 11 is 0. The van der Waals surface area contributed by atoms with Crippen LogP contribution in [-0.4, -0.2) is 12.9 Å². The highest BCUT2D eigenvalue weighted by Gasteiger charge is 2.41. The summed E-state index contributed by atoms with van der Waals surface area (Å²) in [6.45, 7) is 4.42. The summed E-state index contributed by atoms with van der Waals surface area (Å²) in [5.41, 5.74) is 5.34. The van der Waals surface area contributed by atoms with Gasteiger partial charge in [0.2, 0.25) is 0 Å². The van der Waals surface area contributed by atoms with Crippen LogP contribution in [0.25, 0.3) is 0 Å². The van der Waals surface area contributed by atoms with Gasteiger partial charge >= 0.3 is 0 Å². The molecule has 0 saturated carbocycles. The zero-order valence-electron chi connectivity index (χ0n) is 12.6. The van der Waals surface area contributed by atoms with E-state index in [-0.39, 0.29) is 5.41 Å². The highest BCUT2D eigenvalue weighted by atomic mass is 16.5. The predicted molar refractivity (Wildman–Crippen MR) is 80.2 cm³/mol. The number of hydrogen-bond acceptors (Lipinski definition) is 2. The Balaban J connectivity index is 2.16. The molecule has 0 heterocycles. The van der Waals surface area contributed by atoms with Crippen LogP contribution in [0.5, 0.6) is 5.75 Å². The van der Waals surface area contributed by atoms with Gasteiger partial charge in [-0.3, -0.25) is 4.79 Å². The van der Waals surface area contributed by atoms with Gasteiger partial charge in [0.05, 0.1) is 7.11 Å². The Labute approximate surface area is 120 Å². The number of allylic oxidation sites excluding steroid dienone is 2. The average molecular weight is 270 g/mol. The standard InChI is InChI=1S/C18H22O2/c1-4-14-16-7-5-12-11-13(20-3)6-8-15(12)18(16,2)10-9-17(14)19/h6,8,11H,4-5,7,9-10H2,1-3H3. The van der Waals surface area contributed by atoms with E-state index in [4.69, 9.17) is 4.74 Å². The number of ether oxygens (including phenoxy) is 1. The first kappa shape index (κ1) is 13.4. The molecule has 0 aromatic heterocycles. The molecule has 0 saturated heterocycles. The van der Waals surface area contributed by atoms with Gasteiger partial charge in [0.15, 0.2) is 5.78 Å². The summed E-state index contributed by atoms with van der Waals surface area (Å²) in [4.78, 5) is 12.2. The van der Waals surface area contributed by atoms with E-state index >= 15 is 0 Å². The van der Waals surface area contributed by atoms with E-state index in [9.17, 15) is 4.79 Å². The zero-order chi connectivity index (χ0) is 14.3. The molecule has 2 aliphatic carbocycles. The van der Waals surface area contributed by atoms with E-state index in [1.807, 2.05) is 0 Å². The van der Waals surface area contributed by atoms with Crippen molar-refractivity contribution < 1.29 is 9.53 Å². The summed E-state index contributed by atoms with van der Waals surface area (Å²) in [6, 6.07) is 6.42. The minimum Gasteiger partial charge on any atom is -0.497 e. The fourth-order valence-electron chi connectivity index (χ4n) is 4.00. The van der Waals surface area contributed by atoms with Crippen molar-refractivity contribution in [3.8, 4) is 5.75 Å². The van der Waals surface area contributed by atoms with Crippen LogP contribution in [0, 0.1) is 0 Å². The second-order valence-electron chi connectivity index (χ2n) is 6.09. The van der Waals surface area contributed by atoms with Crippen LogP contribution in [0.15, 0.2) is 29.3 Å². The maximum Gasteiger partial charge on any atom is 0.158 e. The first-order chi connectivity index (χ1) is 9.60. The predicted octanol–water partition coefficient (Wildman–Crippen LogP) is 3.97. The lowest BCUT2D eigenvalue weighted by molar-refractivity contribution is -0.116. The van der Waals surface area contributed by atoms with E-state index in [0.29, 0.717) is 12.2 Å². The minimum atomic E-state index is 0.0547. The molecule has 1 aromatic rings. The Morgan fingerprint density at radius 1 is 1.25 bits per heavy atom. The van der Waals surface area contributed by atoms with Gasteiger partial charge < -0.3 is 4.74 Å². The maximum absolute atomic E-state index is 12.2. The van der Waals surface area contributed by atoms with Gasteiger partial charge in [-0.15, -0.1) is 0 Å². The fraction of sp³-hybridized carbons (Fsp3) is 0.500. The molecule has 0 N–H and O–H groups in total. The number of carbonyl (C=O) groups is 1. The number of benzene rings is 1. The van der Waals surface area contributed by atoms with Crippen LogP contribution in [-0.2, 0) is 16.6 Å². The molecular formula is C18H22O2. The van der Waals surface area contributed by atoms with Crippen molar-refractivity contribution in [2.75, 3.05) is 7.11 Å². The molecule has 3 rings (SSSR count). The molecule has 2 heteroatoms. The fourth-order valence-corrected chi connectivity index (χ4v) is 4.00. The van der Waals surface area contributed by atoms with Crippen molar-refractivity contribution in [3.63, 3.8) is 0 Å². The normalized spacial score (nSPS) is 25.2. The molecule has 0 aliphatic heterocycles. The van der Waals surface area contributed by atoms with E-state index in [0.717, 1.165) is 37.0 Å². The smallest absolute Gasteiger partial charge is 0.158 e. The number of hydrogen-bond donors (Lipinski definition) is 0. The largest absolute Gasteiger partial charge is 0.497 e. The van der Waals surface area contributed by atoms with E-state index < -0.39 is 0 Å². The monoisotopic (exact) mass is 270 g/mol. The highest BCUT2D eigenvalue weighted by molar-refractivity contribution is 5.97. The van der Waals surface area contributed by atoms with Gasteiger partial charge in [-0.05, 0) is 54.5 Å².